The van der Waals surface area contributed by atoms with Crippen molar-refractivity contribution in [3.8, 4) is 11.3 Å². The quantitative estimate of drug-likeness (QED) is 0.745. The molecule has 6 nitrogen and oxygen atoms in total. The molecule has 124 valence electrons. The number of carbonyl (C=O) groups is 1. The van der Waals surface area contributed by atoms with Crippen LogP contribution in [0.15, 0.2) is 42.6 Å². The van der Waals surface area contributed by atoms with Crippen molar-refractivity contribution in [1.82, 2.24) is 25.3 Å². The number of hydrogen-bond donors (Lipinski definition) is 2. The summed E-state index contributed by atoms with van der Waals surface area (Å²) in [4.78, 5) is 12.4. The fourth-order valence-corrected chi connectivity index (χ4v) is 2.47. The van der Waals surface area contributed by atoms with E-state index >= 15 is 0 Å². The van der Waals surface area contributed by atoms with E-state index in [2.05, 4.69) is 20.6 Å². The third kappa shape index (κ3) is 3.49. The first-order valence-electron chi connectivity index (χ1n) is 7.72. The van der Waals surface area contributed by atoms with Crippen molar-refractivity contribution in [2.75, 3.05) is 0 Å². The Labute approximate surface area is 144 Å². The summed E-state index contributed by atoms with van der Waals surface area (Å²) >= 11 is 5.88. The highest BCUT2D eigenvalue weighted by molar-refractivity contribution is 6.30. The lowest BCUT2D eigenvalue weighted by atomic mass is 10.1. The van der Waals surface area contributed by atoms with Crippen molar-refractivity contribution >= 4 is 17.5 Å². The molecule has 0 spiro atoms. The first kappa shape index (κ1) is 16.3. The van der Waals surface area contributed by atoms with Gasteiger partial charge in [0, 0.05) is 23.3 Å². The molecule has 3 aromatic rings. The minimum Gasteiger partial charge on any atom is -0.343 e. The summed E-state index contributed by atoms with van der Waals surface area (Å²) in [5, 5.41) is 14.9. The van der Waals surface area contributed by atoms with E-state index in [9.17, 15) is 4.79 Å². The van der Waals surface area contributed by atoms with Crippen molar-refractivity contribution in [3.05, 3.63) is 59.0 Å². The minimum absolute atomic E-state index is 0.187. The topological polar surface area (TPSA) is 75.6 Å². The van der Waals surface area contributed by atoms with Crippen molar-refractivity contribution in [3.63, 3.8) is 0 Å². The first-order chi connectivity index (χ1) is 11.6. The van der Waals surface area contributed by atoms with Gasteiger partial charge in [-0.25, -0.2) is 0 Å². The summed E-state index contributed by atoms with van der Waals surface area (Å²) in [5.41, 5.74) is 2.81. The molecule has 1 atom stereocenters. The smallest absolute Gasteiger partial charge is 0.269 e. The molecule has 24 heavy (non-hydrogen) atoms. The number of aryl methyl sites for hydroxylation is 1. The third-order valence-electron chi connectivity index (χ3n) is 3.74. The lowest BCUT2D eigenvalue weighted by molar-refractivity contribution is 0.0934. The average molecular weight is 344 g/mol. The number of halogens is 1. The molecule has 0 radical (unpaired) electrons. The summed E-state index contributed by atoms with van der Waals surface area (Å²) in [6.07, 6.45) is 1.90. The molecule has 2 N–H and O–H groups in total. The number of rotatable bonds is 5. The predicted octanol–water partition coefficient (Wildman–Crippen LogP) is 3.44. The van der Waals surface area contributed by atoms with E-state index in [-0.39, 0.29) is 11.9 Å². The van der Waals surface area contributed by atoms with Gasteiger partial charge in [0.2, 0.25) is 0 Å². The van der Waals surface area contributed by atoms with E-state index in [1.165, 1.54) is 0 Å². The number of aromatic amines is 1. The van der Waals surface area contributed by atoms with E-state index in [4.69, 9.17) is 11.6 Å². The summed E-state index contributed by atoms with van der Waals surface area (Å²) in [5.74, 6) is -0.221. The summed E-state index contributed by atoms with van der Waals surface area (Å²) in [7, 11) is 0. The van der Waals surface area contributed by atoms with E-state index in [0.29, 0.717) is 16.4 Å². The molecule has 1 amide bonds. The fourth-order valence-electron chi connectivity index (χ4n) is 2.34. The molecule has 2 heterocycles. The van der Waals surface area contributed by atoms with Crippen LogP contribution >= 0.6 is 11.6 Å². The fraction of sp³-hybridized carbons (Fsp3) is 0.235. The largest absolute Gasteiger partial charge is 0.343 e. The molecule has 0 saturated heterocycles. The Morgan fingerprint density at radius 3 is 2.75 bits per heavy atom. The van der Waals surface area contributed by atoms with Crippen LogP contribution in [-0.4, -0.2) is 25.9 Å². The Hall–Kier alpha value is -2.60. The summed E-state index contributed by atoms with van der Waals surface area (Å²) < 4.78 is 1.83. The predicted molar refractivity (Wildman–Crippen MR) is 92.8 cm³/mol. The van der Waals surface area contributed by atoms with E-state index < -0.39 is 0 Å². The van der Waals surface area contributed by atoms with Crippen LogP contribution < -0.4 is 5.32 Å². The van der Waals surface area contributed by atoms with Crippen LogP contribution in [-0.2, 0) is 6.54 Å². The van der Waals surface area contributed by atoms with Gasteiger partial charge in [-0.05, 0) is 38.1 Å². The van der Waals surface area contributed by atoms with E-state index in [1.54, 1.807) is 18.2 Å². The maximum Gasteiger partial charge on any atom is 0.269 e. The highest BCUT2D eigenvalue weighted by Gasteiger charge is 2.16. The molecular weight excluding hydrogens is 326 g/mol. The molecule has 1 unspecified atom stereocenters. The molecular formula is C17H18ClN5O. The third-order valence-corrected chi connectivity index (χ3v) is 3.99. The van der Waals surface area contributed by atoms with Crippen molar-refractivity contribution in [1.29, 1.82) is 0 Å². The molecule has 0 aliphatic carbocycles. The van der Waals surface area contributed by atoms with Gasteiger partial charge in [0.15, 0.2) is 0 Å². The van der Waals surface area contributed by atoms with Gasteiger partial charge < -0.3 is 5.32 Å². The zero-order valence-corrected chi connectivity index (χ0v) is 14.2. The van der Waals surface area contributed by atoms with E-state index in [1.807, 2.05) is 42.9 Å². The van der Waals surface area contributed by atoms with Crippen LogP contribution in [0, 0.1) is 0 Å². The summed E-state index contributed by atoms with van der Waals surface area (Å²) in [6, 6.07) is 10.7. The molecule has 0 aliphatic heterocycles. The van der Waals surface area contributed by atoms with Crippen LogP contribution in [0.1, 0.15) is 36.1 Å². The molecule has 0 fully saturated rings. The van der Waals surface area contributed by atoms with Gasteiger partial charge in [-0.3, -0.25) is 14.6 Å². The second-order valence-corrected chi connectivity index (χ2v) is 5.90. The second-order valence-electron chi connectivity index (χ2n) is 5.47. The minimum atomic E-state index is -0.221. The lowest BCUT2D eigenvalue weighted by Gasteiger charge is -2.10. The van der Waals surface area contributed by atoms with Crippen LogP contribution in [0.3, 0.4) is 0 Å². The first-order valence-corrected chi connectivity index (χ1v) is 8.10. The number of aromatic nitrogens is 4. The average Bonchev–Trinajstić information content (AvgIpc) is 3.25. The maximum atomic E-state index is 12.4. The molecule has 0 aliphatic rings. The molecule has 0 bridgehead atoms. The van der Waals surface area contributed by atoms with Crippen LogP contribution in [0.25, 0.3) is 11.3 Å². The Kier molecular flexibility index (Phi) is 4.66. The number of benzene rings is 1. The zero-order valence-electron chi connectivity index (χ0n) is 13.5. The number of nitrogens with zero attached hydrogens (tertiary/aromatic N) is 3. The lowest BCUT2D eigenvalue weighted by Crippen LogP contribution is -2.27. The highest BCUT2D eigenvalue weighted by Crippen LogP contribution is 2.20. The number of hydrogen-bond acceptors (Lipinski definition) is 3. The molecule has 7 heteroatoms. The van der Waals surface area contributed by atoms with Gasteiger partial charge in [-0.1, -0.05) is 23.7 Å². The Morgan fingerprint density at radius 1 is 1.33 bits per heavy atom. The van der Waals surface area contributed by atoms with Crippen LogP contribution in [0.5, 0.6) is 0 Å². The molecule has 3 rings (SSSR count). The Bertz CT molecular complexity index is 837. The van der Waals surface area contributed by atoms with Crippen molar-refractivity contribution in [2.45, 2.75) is 26.4 Å². The van der Waals surface area contributed by atoms with Crippen LogP contribution in [0.2, 0.25) is 5.02 Å². The van der Waals surface area contributed by atoms with Crippen LogP contribution in [0.4, 0.5) is 0 Å². The summed E-state index contributed by atoms with van der Waals surface area (Å²) in [6.45, 7) is 4.71. The van der Waals surface area contributed by atoms with Gasteiger partial charge in [0.05, 0.1) is 17.4 Å². The van der Waals surface area contributed by atoms with E-state index in [0.717, 1.165) is 17.8 Å². The SMILES string of the molecule is CCn1ccc(C(C)NC(=O)c2cc(-c3ccc(Cl)cc3)n[nH]2)n1. The normalized spacial score (nSPS) is 12.1. The number of amides is 1. The molecule has 1 aromatic carbocycles. The monoisotopic (exact) mass is 343 g/mol. The van der Waals surface area contributed by atoms with Crippen molar-refractivity contribution < 1.29 is 4.79 Å². The van der Waals surface area contributed by atoms with Gasteiger partial charge in [-0.2, -0.15) is 10.2 Å². The maximum absolute atomic E-state index is 12.4. The molecule has 0 saturated carbocycles. The second kappa shape index (κ2) is 6.88. The Morgan fingerprint density at radius 2 is 2.08 bits per heavy atom. The van der Waals surface area contributed by atoms with Gasteiger partial charge in [0.1, 0.15) is 5.69 Å². The highest BCUT2D eigenvalue weighted by atomic mass is 35.5. The number of carbonyl (C=O) groups excluding carboxylic acids is 1. The van der Waals surface area contributed by atoms with Crippen molar-refractivity contribution in [2.24, 2.45) is 0 Å². The zero-order chi connectivity index (χ0) is 17.1. The van der Waals surface area contributed by atoms with Gasteiger partial charge in [0.25, 0.3) is 5.91 Å². The number of H-pyrrole nitrogens is 1. The standard InChI is InChI=1S/C17H18ClN5O/c1-3-23-9-8-14(22-23)11(2)19-17(24)16-10-15(20-21-16)12-4-6-13(18)7-5-12/h4-11H,3H2,1-2H3,(H,19,24)(H,20,21). The molecule has 2 aromatic heterocycles. The Balaban J connectivity index is 1.70. The van der Waals surface area contributed by atoms with Gasteiger partial charge >= 0.3 is 0 Å². The van der Waals surface area contributed by atoms with Gasteiger partial charge in [-0.15, -0.1) is 0 Å². The number of nitrogens with one attached hydrogen (secondary N) is 2.